The zero-order chi connectivity index (χ0) is 12.3. The molecule has 0 aromatic heterocycles. The average Bonchev–Trinajstić information content (AvgIpc) is 2.92. The van der Waals surface area contributed by atoms with Crippen molar-refractivity contribution in [3.05, 3.63) is 12.2 Å². The van der Waals surface area contributed by atoms with Crippen LogP contribution in [0.5, 0.6) is 0 Å². The lowest BCUT2D eigenvalue weighted by Crippen LogP contribution is -2.49. The number of hydrogen-bond donors (Lipinski definition) is 1. The Kier molecular flexibility index (Phi) is 2.47. The number of allylic oxidation sites excluding steroid dienone is 1. The largest absolute Gasteiger partial charge is 0.396 e. The highest BCUT2D eigenvalue weighted by Crippen LogP contribution is 2.59. The van der Waals surface area contributed by atoms with Crippen LogP contribution >= 0.6 is 0 Å². The van der Waals surface area contributed by atoms with Crippen LogP contribution in [0.15, 0.2) is 12.2 Å². The molecule has 2 saturated carbocycles. The second kappa shape index (κ2) is 3.58. The van der Waals surface area contributed by atoms with Gasteiger partial charge in [0.1, 0.15) is 0 Å². The molecule has 3 rings (SSSR count). The van der Waals surface area contributed by atoms with Crippen LogP contribution < -0.4 is 0 Å². The molecule has 3 fully saturated rings. The van der Waals surface area contributed by atoms with Crippen molar-refractivity contribution in [1.82, 2.24) is 0 Å². The number of rotatable bonds is 1. The third-order valence-corrected chi connectivity index (χ3v) is 5.67. The van der Waals surface area contributed by atoms with Crippen molar-refractivity contribution >= 4 is 0 Å². The Labute approximate surface area is 104 Å². The fourth-order valence-corrected chi connectivity index (χ4v) is 4.10. The van der Waals surface area contributed by atoms with Crippen molar-refractivity contribution in [2.45, 2.75) is 57.7 Å². The molecule has 0 aromatic rings. The van der Waals surface area contributed by atoms with E-state index in [9.17, 15) is 5.11 Å². The van der Waals surface area contributed by atoms with E-state index in [1.807, 2.05) is 0 Å². The van der Waals surface area contributed by atoms with E-state index in [1.54, 1.807) is 0 Å². The lowest BCUT2D eigenvalue weighted by atomic mass is 9.51. The van der Waals surface area contributed by atoms with E-state index in [-0.39, 0.29) is 11.0 Å². The maximum absolute atomic E-state index is 9.58. The van der Waals surface area contributed by atoms with Gasteiger partial charge in [-0.1, -0.05) is 19.1 Å². The molecule has 1 heterocycles. The molecule has 0 aromatic carbocycles. The molecule has 0 radical (unpaired) electrons. The third-order valence-electron chi connectivity index (χ3n) is 5.67. The van der Waals surface area contributed by atoms with Gasteiger partial charge in [-0.15, -0.1) is 0 Å². The minimum Gasteiger partial charge on any atom is -0.396 e. The first-order chi connectivity index (χ1) is 7.98. The van der Waals surface area contributed by atoms with Crippen LogP contribution in [0.3, 0.4) is 0 Å². The van der Waals surface area contributed by atoms with E-state index in [0.717, 1.165) is 25.7 Å². The quantitative estimate of drug-likeness (QED) is 0.561. The lowest BCUT2D eigenvalue weighted by molar-refractivity contribution is -0.0602. The Hall–Kier alpha value is -0.340. The van der Waals surface area contributed by atoms with Gasteiger partial charge in [0, 0.05) is 6.61 Å². The van der Waals surface area contributed by atoms with Crippen LogP contribution in [0.2, 0.25) is 0 Å². The summed E-state index contributed by atoms with van der Waals surface area (Å²) in [5.74, 6) is 1.29. The Morgan fingerprint density at radius 1 is 1.41 bits per heavy atom. The Morgan fingerprint density at radius 3 is 2.88 bits per heavy atom. The maximum Gasteiger partial charge on any atom is 0.0920 e. The molecule has 0 bridgehead atoms. The Balaban J connectivity index is 1.77. The highest BCUT2D eigenvalue weighted by Gasteiger charge is 2.56. The summed E-state index contributed by atoms with van der Waals surface area (Å²) in [6.07, 6.45) is 6.21. The van der Waals surface area contributed by atoms with Gasteiger partial charge in [0.25, 0.3) is 0 Å². The predicted octanol–water partition coefficient (Wildman–Crippen LogP) is 2.91. The summed E-state index contributed by atoms with van der Waals surface area (Å²) in [6.45, 7) is 9.08. The molecule has 1 saturated heterocycles. The zero-order valence-corrected chi connectivity index (χ0v) is 11.0. The van der Waals surface area contributed by atoms with Gasteiger partial charge in [0.15, 0.2) is 0 Å². The molecule has 96 valence electrons. The van der Waals surface area contributed by atoms with Gasteiger partial charge in [-0.25, -0.2) is 0 Å². The molecule has 3 aliphatic rings. The Morgan fingerprint density at radius 2 is 2.18 bits per heavy atom. The van der Waals surface area contributed by atoms with E-state index < -0.39 is 0 Å². The molecule has 5 atom stereocenters. The summed E-state index contributed by atoms with van der Waals surface area (Å²) >= 11 is 0. The first-order valence-electron chi connectivity index (χ1n) is 6.95. The summed E-state index contributed by atoms with van der Waals surface area (Å²) in [6, 6.07) is 0. The monoisotopic (exact) mass is 236 g/mol. The van der Waals surface area contributed by atoms with Crippen LogP contribution in [0, 0.1) is 17.3 Å². The predicted molar refractivity (Wildman–Crippen MR) is 67.7 cm³/mol. The molecule has 2 aliphatic carbocycles. The molecule has 1 N–H and O–H groups in total. The van der Waals surface area contributed by atoms with Crippen LogP contribution in [0.25, 0.3) is 0 Å². The topological polar surface area (TPSA) is 32.8 Å². The van der Waals surface area contributed by atoms with Crippen LogP contribution in [-0.4, -0.2) is 23.4 Å². The molecular formula is C15H24O2. The minimum atomic E-state index is 0.138. The molecule has 2 heteroatoms. The first kappa shape index (κ1) is 11.7. The molecule has 0 unspecified atom stereocenters. The summed E-state index contributed by atoms with van der Waals surface area (Å²) in [5, 5.41) is 9.58. The SMILES string of the molecule is C=C1CC[C@H]2O[C@]2(C)CC[C@@H]2[C@@H]1C[C@@]2(C)CO. The Bertz CT molecular complexity index is 351. The van der Waals surface area contributed by atoms with Crippen molar-refractivity contribution in [2.24, 2.45) is 17.3 Å². The van der Waals surface area contributed by atoms with Gasteiger partial charge in [-0.05, 0) is 56.3 Å². The molecule has 0 spiro atoms. The summed E-state index contributed by atoms with van der Waals surface area (Å²) in [7, 11) is 0. The van der Waals surface area contributed by atoms with Crippen molar-refractivity contribution in [1.29, 1.82) is 0 Å². The number of hydrogen-bond acceptors (Lipinski definition) is 2. The van der Waals surface area contributed by atoms with E-state index in [0.29, 0.717) is 24.5 Å². The van der Waals surface area contributed by atoms with Crippen LogP contribution in [0.1, 0.15) is 46.0 Å². The minimum absolute atomic E-state index is 0.138. The molecule has 1 aliphatic heterocycles. The van der Waals surface area contributed by atoms with E-state index in [2.05, 4.69) is 20.4 Å². The molecular weight excluding hydrogens is 212 g/mol. The summed E-state index contributed by atoms with van der Waals surface area (Å²) < 4.78 is 5.84. The number of fused-ring (bicyclic) bond motifs is 2. The highest BCUT2D eigenvalue weighted by atomic mass is 16.6. The van der Waals surface area contributed by atoms with Crippen molar-refractivity contribution in [3.8, 4) is 0 Å². The maximum atomic E-state index is 9.58. The summed E-state index contributed by atoms with van der Waals surface area (Å²) in [4.78, 5) is 0. The smallest absolute Gasteiger partial charge is 0.0920 e. The van der Waals surface area contributed by atoms with Gasteiger partial charge in [0.2, 0.25) is 0 Å². The van der Waals surface area contributed by atoms with E-state index >= 15 is 0 Å². The third kappa shape index (κ3) is 1.68. The van der Waals surface area contributed by atoms with Crippen molar-refractivity contribution in [3.63, 3.8) is 0 Å². The average molecular weight is 236 g/mol. The zero-order valence-electron chi connectivity index (χ0n) is 11.0. The standard InChI is InChI=1S/C15H24O2/c1-10-4-5-13-15(3,17-13)7-6-12-11(10)8-14(12,2)9-16/h11-13,16H,1,4-9H2,2-3H3/t11-,12-,13-,14+,15-/m1/s1. The fourth-order valence-electron chi connectivity index (χ4n) is 4.10. The first-order valence-corrected chi connectivity index (χ1v) is 6.95. The lowest BCUT2D eigenvalue weighted by Gasteiger charge is -2.54. The number of aliphatic hydroxyl groups excluding tert-OH is 1. The van der Waals surface area contributed by atoms with Gasteiger partial charge in [0.05, 0.1) is 11.7 Å². The number of ether oxygens (including phenoxy) is 1. The second-order valence-electron chi connectivity index (χ2n) is 6.88. The normalized spacial score (nSPS) is 53.6. The number of aliphatic hydroxyl groups is 1. The van der Waals surface area contributed by atoms with E-state index in [1.165, 1.54) is 12.0 Å². The van der Waals surface area contributed by atoms with Crippen molar-refractivity contribution < 1.29 is 9.84 Å². The molecule has 2 nitrogen and oxygen atoms in total. The second-order valence-corrected chi connectivity index (χ2v) is 6.88. The molecule has 0 amide bonds. The van der Waals surface area contributed by atoms with Gasteiger partial charge in [-0.2, -0.15) is 0 Å². The fraction of sp³-hybridized carbons (Fsp3) is 0.867. The highest BCUT2D eigenvalue weighted by molar-refractivity contribution is 5.17. The van der Waals surface area contributed by atoms with E-state index in [4.69, 9.17) is 4.74 Å². The molecule has 17 heavy (non-hydrogen) atoms. The van der Waals surface area contributed by atoms with Crippen molar-refractivity contribution in [2.75, 3.05) is 6.61 Å². The van der Waals surface area contributed by atoms with Gasteiger partial charge >= 0.3 is 0 Å². The van der Waals surface area contributed by atoms with Crippen LogP contribution in [-0.2, 0) is 4.74 Å². The summed E-state index contributed by atoms with van der Waals surface area (Å²) in [5.41, 5.74) is 1.68. The number of epoxide rings is 1. The van der Waals surface area contributed by atoms with Gasteiger partial charge < -0.3 is 9.84 Å². The van der Waals surface area contributed by atoms with Crippen LogP contribution in [0.4, 0.5) is 0 Å². The van der Waals surface area contributed by atoms with Gasteiger partial charge in [-0.3, -0.25) is 0 Å².